The van der Waals surface area contributed by atoms with Crippen molar-refractivity contribution in [1.82, 2.24) is 0 Å². The van der Waals surface area contributed by atoms with E-state index in [0.717, 1.165) is 6.92 Å². The van der Waals surface area contributed by atoms with Crippen molar-refractivity contribution >= 4 is 17.9 Å². The van der Waals surface area contributed by atoms with Gasteiger partial charge in [-0.05, 0) is 13.3 Å². The summed E-state index contributed by atoms with van der Waals surface area (Å²) in [5, 5.41) is 115. The van der Waals surface area contributed by atoms with Gasteiger partial charge in [0.1, 0.15) is 61.5 Å². The van der Waals surface area contributed by atoms with Crippen molar-refractivity contribution < 1.29 is 118 Å². The van der Waals surface area contributed by atoms with Gasteiger partial charge in [0.15, 0.2) is 18.3 Å². The van der Waals surface area contributed by atoms with Gasteiger partial charge < -0.3 is 104 Å². The molecule has 62 heavy (non-hydrogen) atoms. The molecule has 0 bridgehead atoms. The molecule has 0 saturated carbocycles. The molecule has 4 fully saturated rings. The van der Waals surface area contributed by atoms with E-state index in [4.69, 9.17) is 47.4 Å². The lowest BCUT2D eigenvalue weighted by Gasteiger charge is -2.44. The van der Waals surface area contributed by atoms with Gasteiger partial charge in [0, 0.05) is 31.8 Å². The van der Waals surface area contributed by atoms with Gasteiger partial charge in [-0.25, -0.2) is 9.59 Å². The molecule has 24 nitrogen and oxygen atoms in total. The minimum atomic E-state index is -1.96. The van der Waals surface area contributed by atoms with Crippen LogP contribution in [-0.4, -0.2) is 251 Å². The minimum Gasteiger partial charge on any atom is -0.479 e. The van der Waals surface area contributed by atoms with Crippen molar-refractivity contribution in [3.63, 3.8) is 0 Å². The molecule has 0 amide bonds. The number of methoxy groups -OCH3 is 1. The number of aliphatic hydroxyl groups excluding tert-OH is 10. The number of hydrogen-bond acceptors (Lipinski definition) is 23. The maximum atomic E-state index is 12.4. The molecule has 0 radical (unpaired) electrons. The Kier molecular flexibility index (Phi) is 20.5. The first-order valence-electron chi connectivity index (χ1n) is 20.5. The van der Waals surface area contributed by atoms with Crippen molar-refractivity contribution in [2.75, 3.05) is 66.6 Å². The van der Waals surface area contributed by atoms with Gasteiger partial charge in [-0.1, -0.05) is 6.92 Å². The first kappa shape index (κ1) is 52.3. The fourth-order valence-corrected chi connectivity index (χ4v) is 8.12. The molecule has 4 heterocycles. The molecule has 360 valence electrons. The summed E-state index contributed by atoms with van der Waals surface area (Å²) < 4.78 is 55.7. The summed E-state index contributed by atoms with van der Waals surface area (Å²) in [6.45, 7) is 0.230. The Labute approximate surface area is 357 Å². The Morgan fingerprint density at radius 3 is 1.65 bits per heavy atom. The molecule has 0 aromatic carbocycles. The van der Waals surface area contributed by atoms with Crippen LogP contribution in [0.15, 0.2) is 0 Å². The van der Waals surface area contributed by atoms with E-state index in [9.17, 15) is 70.6 Å². The average Bonchev–Trinajstić information content (AvgIpc) is 3.24. The Morgan fingerprint density at radius 2 is 1.10 bits per heavy atom. The van der Waals surface area contributed by atoms with Gasteiger partial charge in [-0.3, -0.25) is 4.79 Å². The van der Waals surface area contributed by atoms with Gasteiger partial charge >= 0.3 is 17.9 Å². The van der Waals surface area contributed by atoms with Crippen LogP contribution in [0.25, 0.3) is 0 Å². The van der Waals surface area contributed by atoms with Gasteiger partial charge in [-0.15, -0.1) is 0 Å². The van der Waals surface area contributed by atoms with Crippen LogP contribution in [0.2, 0.25) is 0 Å². The third-order valence-electron chi connectivity index (χ3n) is 11.8. The Morgan fingerprint density at radius 1 is 0.597 bits per heavy atom. The number of aliphatic carboxylic acids is 1. The van der Waals surface area contributed by atoms with Crippen LogP contribution in [-0.2, 0) is 61.8 Å². The van der Waals surface area contributed by atoms with Crippen LogP contribution in [0.4, 0.5) is 0 Å². The number of aliphatic hydroxyl groups is 10. The molecule has 0 aromatic heterocycles. The summed E-state index contributed by atoms with van der Waals surface area (Å²) in [5.41, 5.74) is 0. The number of ether oxygens (including phenoxy) is 10. The second-order valence-electron chi connectivity index (χ2n) is 16.0. The third kappa shape index (κ3) is 12.7. The van der Waals surface area contributed by atoms with E-state index >= 15 is 0 Å². The average molecular weight is 905 g/mol. The lowest BCUT2D eigenvalue weighted by molar-refractivity contribution is -0.260. The van der Waals surface area contributed by atoms with Crippen LogP contribution in [0.3, 0.4) is 0 Å². The van der Waals surface area contributed by atoms with Crippen molar-refractivity contribution in [3.8, 4) is 0 Å². The number of esters is 2. The number of hydrogen-bond donors (Lipinski definition) is 11. The lowest BCUT2D eigenvalue weighted by Crippen LogP contribution is -2.62. The summed E-state index contributed by atoms with van der Waals surface area (Å²) in [6.07, 6.45) is -23.6. The van der Waals surface area contributed by atoms with E-state index in [2.05, 4.69) is 0 Å². The zero-order valence-electron chi connectivity index (χ0n) is 34.9. The fraction of sp³-hybridized carbons (Fsp3) is 0.921. The van der Waals surface area contributed by atoms with E-state index in [1.165, 1.54) is 7.11 Å². The third-order valence-corrected chi connectivity index (χ3v) is 11.8. The first-order chi connectivity index (χ1) is 29.4. The number of rotatable bonds is 21. The maximum absolute atomic E-state index is 12.4. The molecule has 0 aromatic rings. The molecule has 21 atom stereocenters. The molecule has 4 aliphatic heterocycles. The molecule has 9 unspecified atom stereocenters. The van der Waals surface area contributed by atoms with Crippen LogP contribution in [0, 0.1) is 17.8 Å². The molecule has 0 aliphatic carbocycles. The van der Waals surface area contributed by atoms with E-state index in [0.29, 0.717) is 6.42 Å². The molecule has 4 rings (SSSR count). The summed E-state index contributed by atoms with van der Waals surface area (Å²) in [5.74, 6) is -6.60. The Hall–Kier alpha value is -2.31. The van der Waals surface area contributed by atoms with E-state index < -0.39 is 185 Å². The predicted octanol–water partition coefficient (Wildman–Crippen LogP) is -6.17. The molecular formula is C38H64O24. The summed E-state index contributed by atoms with van der Waals surface area (Å²) in [6, 6.07) is 0. The van der Waals surface area contributed by atoms with E-state index in [1.54, 1.807) is 6.92 Å². The molecule has 24 heteroatoms. The van der Waals surface area contributed by atoms with Crippen molar-refractivity contribution in [2.24, 2.45) is 17.8 Å². The highest BCUT2D eigenvalue weighted by molar-refractivity contribution is 5.74. The van der Waals surface area contributed by atoms with Gasteiger partial charge in [0.25, 0.3) is 0 Å². The second-order valence-corrected chi connectivity index (χ2v) is 16.0. The largest absolute Gasteiger partial charge is 0.479 e. The Bertz CT molecular complexity index is 1390. The van der Waals surface area contributed by atoms with Gasteiger partial charge in [-0.2, -0.15) is 0 Å². The zero-order chi connectivity index (χ0) is 46.0. The fourth-order valence-electron chi connectivity index (χ4n) is 8.12. The van der Waals surface area contributed by atoms with Crippen LogP contribution in [0.5, 0.6) is 0 Å². The van der Waals surface area contributed by atoms with Crippen molar-refractivity contribution in [2.45, 2.75) is 137 Å². The number of carbonyl (C=O) groups excluding carboxylic acids is 2. The summed E-state index contributed by atoms with van der Waals surface area (Å²) >= 11 is 0. The highest BCUT2D eigenvalue weighted by Crippen LogP contribution is 2.33. The molecule has 11 N–H and O–H groups in total. The smallest absolute Gasteiger partial charge is 0.337 e. The summed E-state index contributed by atoms with van der Waals surface area (Å²) in [7, 11) is 1.17. The van der Waals surface area contributed by atoms with Crippen LogP contribution >= 0.6 is 0 Å². The molecule has 0 spiro atoms. The van der Waals surface area contributed by atoms with Crippen LogP contribution in [0.1, 0.15) is 27.2 Å². The minimum absolute atomic E-state index is 0.0710. The molecule has 4 aliphatic rings. The highest BCUT2D eigenvalue weighted by atomic mass is 16.6. The number of carboxylic acid groups (broad SMARTS) is 1. The second kappa shape index (κ2) is 24.3. The standard InChI is InChI=1S/C38H64O24/c1-5-21-30(46)27(43)17(15(2)58-21)8-54-11-23-31(47)28(44)18(22(7-40)59-23)9-55-12-24-32(48)29(45)19(34(61-24)37(50)51)10-56-13-26-35(62-38(52)20(42)6-39)36(53-4)33(49)25(60-26)14-57-16(3)41/h15,17-36,39-40,42-49H,5-14H2,1-4H3,(H,50,51)/t15?,17-,18+,19-,20?,21-,22?,23-,24-,25?,26-,27-,28+,29+,30?,31?,32?,33+,34?,35?,36+/m0/s1. The zero-order valence-corrected chi connectivity index (χ0v) is 34.9. The predicted molar refractivity (Wildman–Crippen MR) is 201 cm³/mol. The SMILES string of the molecule is CC[C@@H]1OC(C)[C@H](COC[C@@H]2OC(CO)[C@@H](COC[C@@H]3OC(C(=O)O)[C@@H](COC[C@@H]4OC(COC(C)=O)[C@@H](O)[C@@H](OC)C4OC(=O)C(O)CO)[C@@H](O)C3O)[C@@H](O)C2O)[C@H](O)C1O. The number of carboxylic acids is 1. The van der Waals surface area contributed by atoms with Gasteiger partial charge in [0.2, 0.25) is 0 Å². The molecular weight excluding hydrogens is 840 g/mol. The summed E-state index contributed by atoms with van der Waals surface area (Å²) in [4.78, 5) is 36.2. The maximum Gasteiger partial charge on any atom is 0.337 e. The Balaban J connectivity index is 1.32. The highest BCUT2D eigenvalue weighted by Gasteiger charge is 2.51. The number of carbonyl (C=O) groups is 3. The van der Waals surface area contributed by atoms with Gasteiger partial charge in [0.05, 0.1) is 89.5 Å². The van der Waals surface area contributed by atoms with E-state index in [-0.39, 0.29) is 19.8 Å². The monoisotopic (exact) mass is 904 g/mol. The van der Waals surface area contributed by atoms with Crippen molar-refractivity contribution in [1.29, 1.82) is 0 Å². The lowest BCUT2D eigenvalue weighted by atomic mass is 9.86. The van der Waals surface area contributed by atoms with Crippen LogP contribution < -0.4 is 0 Å². The quantitative estimate of drug-likeness (QED) is 0.0477. The van der Waals surface area contributed by atoms with Crippen molar-refractivity contribution in [3.05, 3.63) is 0 Å². The van der Waals surface area contributed by atoms with E-state index in [1.807, 2.05) is 6.92 Å². The topological polar surface area (TPSA) is 366 Å². The first-order valence-corrected chi connectivity index (χ1v) is 20.5. The molecule has 4 saturated heterocycles. The normalized spacial score (nSPS) is 41.9.